The van der Waals surface area contributed by atoms with E-state index in [1.165, 1.54) is 49.1 Å². The Labute approximate surface area is 334 Å². The zero-order chi connectivity index (χ0) is 38.2. The molecule has 0 aliphatic rings. The fraction of sp³-hybridized carbons (Fsp3) is 0. The first-order valence-electron chi connectivity index (χ1n) is 19.8. The largest absolute Gasteiger partial charge is 0.309 e. The number of nitrogens with zero attached hydrogens (tertiary/aromatic N) is 4. The van der Waals surface area contributed by atoms with E-state index in [2.05, 4.69) is 215 Å². The molecule has 0 aliphatic carbocycles. The van der Waals surface area contributed by atoms with Gasteiger partial charge in [0.15, 0.2) is 0 Å². The average molecular weight is 739 g/mol. The monoisotopic (exact) mass is 738 g/mol. The average Bonchev–Trinajstić information content (AvgIpc) is 3.82. The maximum Gasteiger partial charge on any atom is 0.235 e. The third-order valence-corrected chi connectivity index (χ3v) is 11.7. The van der Waals surface area contributed by atoms with Crippen LogP contribution in [0.1, 0.15) is 0 Å². The normalized spacial score (nSPS) is 11.8. The van der Waals surface area contributed by atoms with Crippen LogP contribution in [-0.2, 0) is 0 Å². The summed E-state index contributed by atoms with van der Waals surface area (Å²) in [5.74, 6) is 0.648. The Bertz CT molecular complexity index is 3540. The van der Waals surface area contributed by atoms with Crippen LogP contribution in [0.25, 0.3) is 110 Å². The van der Waals surface area contributed by atoms with E-state index >= 15 is 0 Å². The van der Waals surface area contributed by atoms with Crippen molar-refractivity contribution in [3.8, 4) is 45.1 Å². The molecule has 58 heavy (non-hydrogen) atoms. The van der Waals surface area contributed by atoms with Gasteiger partial charge >= 0.3 is 0 Å². The van der Waals surface area contributed by atoms with Crippen molar-refractivity contribution in [2.45, 2.75) is 0 Å². The van der Waals surface area contributed by atoms with Crippen LogP contribution in [0.2, 0.25) is 0 Å². The predicted molar refractivity (Wildman–Crippen MR) is 242 cm³/mol. The first-order chi connectivity index (χ1) is 28.8. The lowest BCUT2D eigenvalue weighted by molar-refractivity contribution is 1.02. The predicted octanol–water partition coefficient (Wildman–Crippen LogP) is 14.0. The summed E-state index contributed by atoms with van der Waals surface area (Å²) in [5, 5.41) is 8.15. The zero-order valence-corrected chi connectivity index (χ0v) is 31.4. The van der Waals surface area contributed by atoms with E-state index in [-0.39, 0.29) is 0 Å². The van der Waals surface area contributed by atoms with Crippen LogP contribution in [-0.4, -0.2) is 19.1 Å². The summed E-state index contributed by atoms with van der Waals surface area (Å²) in [7, 11) is 0. The molecule has 0 atom stereocenters. The highest BCUT2D eigenvalue weighted by atomic mass is 15.2. The third kappa shape index (κ3) is 4.95. The molecule has 12 aromatic rings. The molecule has 0 spiro atoms. The standard InChI is InChI=1S/C54H34N4/c1-3-14-35(15-4-1)37-26-29-41(30-27-37)57-47-25-12-10-23-44(47)50-48(57)32-33-49-51(50)45-31-28-38-18-7-8-21-42(38)53(45)58(49)54-55-46-24-11-9-22-43(46)52(56-54)40-20-13-19-39(34-40)36-16-5-2-6-17-36/h1-34H. The minimum Gasteiger partial charge on any atom is -0.309 e. The SMILES string of the molecule is c1ccc(-c2ccc(-n3c4ccccc4c4c5c6ccc7ccccc7c6n(-c6nc(-c7cccc(-c8ccccc8)c7)c7ccccc7n6)c5ccc43)cc2)cc1. The van der Waals surface area contributed by atoms with Crippen molar-refractivity contribution in [2.75, 3.05) is 0 Å². The molecule has 0 radical (unpaired) electrons. The first-order valence-corrected chi connectivity index (χ1v) is 19.8. The van der Waals surface area contributed by atoms with Crippen LogP contribution in [0.4, 0.5) is 0 Å². The van der Waals surface area contributed by atoms with Gasteiger partial charge in [0.1, 0.15) is 0 Å². The summed E-state index contributed by atoms with van der Waals surface area (Å²) in [5.41, 5.74) is 13.2. The lowest BCUT2D eigenvalue weighted by Gasteiger charge is -2.13. The molecule has 3 heterocycles. The lowest BCUT2D eigenvalue weighted by atomic mass is 10.00. The molecule has 9 aromatic carbocycles. The van der Waals surface area contributed by atoms with Crippen molar-refractivity contribution in [1.82, 2.24) is 19.1 Å². The summed E-state index contributed by atoms with van der Waals surface area (Å²) in [6.45, 7) is 0. The van der Waals surface area contributed by atoms with Crippen LogP contribution in [0.3, 0.4) is 0 Å². The van der Waals surface area contributed by atoms with Crippen molar-refractivity contribution >= 4 is 65.3 Å². The molecule has 12 rings (SSSR count). The molecule has 0 fully saturated rings. The zero-order valence-electron chi connectivity index (χ0n) is 31.4. The summed E-state index contributed by atoms with van der Waals surface area (Å²) in [6.07, 6.45) is 0. The highest BCUT2D eigenvalue weighted by Crippen LogP contribution is 2.44. The van der Waals surface area contributed by atoms with E-state index in [0.29, 0.717) is 5.95 Å². The molecule has 0 N–H and O–H groups in total. The number of hydrogen-bond acceptors (Lipinski definition) is 2. The molecule has 0 aliphatic heterocycles. The number of fused-ring (bicyclic) bond motifs is 10. The summed E-state index contributed by atoms with van der Waals surface area (Å²) >= 11 is 0. The number of benzene rings is 9. The second kappa shape index (κ2) is 12.9. The van der Waals surface area contributed by atoms with Gasteiger partial charge in [0.25, 0.3) is 0 Å². The number of aromatic nitrogens is 4. The van der Waals surface area contributed by atoms with Gasteiger partial charge in [0.05, 0.1) is 33.3 Å². The Balaban J connectivity index is 1.16. The quantitative estimate of drug-likeness (QED) is 0.176. The van der Waals surface area contributed by atoms with Crippen LogP contribution in [0.5, 0.6) is 0 Å². The van der Waals surface area contributed by atoms with Crippen molar-refractivity contribution in [3.63, 3.8) is 0 Å². The van der Waals surface area contributed by atoms with Crippen LogP contribution in [0, 0.1) is 0 Å². The molecule has 4 heteroatoms. The van der Waals surface area contributed by atoms with Gasteiger partial charge in [0.2, 0.25) is 5.95 Å². The minimum absolute atomic E-state index is 0.648. The van der Waals surface area contributed by atoms with E-state index in [0.717, 1.165) is 55.3 Å². The molecular weight excluding hydrogens is 705 g/mol. The maximum atomic E-state index is 5.53. The molecule has 0 saturated heterocycles. The molecule has 0 saturated carbocycles. The van der Waals surface area contributed by atoms with Gasteiger partial charge in [0, 0.05) is 43.6 Å². The van der Waals surface area contributed by atoms with Gasteiger partial charge in [-0.05, 0) is 70.1 Å². The Morgan fingerprint density at radius 2 is 0.914 bits per heavy atom. The Hall–Kier alpha value is -7.82. The second-order valence-electron chi connectivity index (χ2n) is 15.0. The number of para-hydroxylation sites is 2. The summed E-state index contributed by atoms with van der Waals surface area (Å²) < 4.78 is 4.72. The van der Waals surface area contributed by atoms with E-state index < -0.39 is 0 Å². The highest BCUT2D eigenvalue weighted by Gasteiger charge is 2.24. The van der Waals surface area contributed by atoms with Gasteiger partial charge in [-0.3, -0.25) is 4.57 Å². The van der Waals surface area contributed by atoms with Crippen molar-refractivity contribution in [2.24, 2.45) is 0 Å². The van der Waals surface area contributed by atoms with Gasteiger partial charge in [-0.15, -0.1) is 0 Å². The lowest BCUT2D eigenvalue weighted by Crippen LogP contribution is -2.04. The minimum atomic E-state index is 0.648. The molecule has 0 unspecified atom stereocenters. The Kier molecular flexibility index (Phi) is 7.20. The smallest absolute Gasteiger partial charge is 0.235 e. The highest BCUT2D eigenvalue weighted by molar-refractivity contribution is 6.31. The van der Waals surface area contributed by atoms with Crippen LogP contribution >= 0.6 is 0 Å². The second-order valence-corrected chi connectivity index (χ2v) is 15.0. The molecular formula is C54H34N4. The van der Waals surface area contributed by atoms with Crippen molar-refractivity contribution in [3.05, 3.63) is 206 Å². The van der Waals surface area contributed by atoms with Crippen LogP contribution < -0.4 is 0 Å². The maximum absolute atomic E-state index is 5.53. The van der Waals surface area contributed by atoms with Gasteiger partial charge in [-0.25, -0.2) is 9.97 Å². The van der Waals surface area contributed by atoms with E-state index in [4.69, 9.17) is 9.97 Å². The number of rotatable bonds is 5. The van der Waals surface area contributed by atoms with Crippen molar-refractivity contribution in [1.29, 1.82) is 0 Å². The molecule has 0 amide bonds. The third-order valence-electron chi connectivity index (χ3n) is 11.7. The van der Waals surface area contributed by atoms with Gasteiger partial charge in [-0.2, -0.15) is 0 Å². The number of hydrogen-bond donors (Lipinski definition) is 0. The molecule has 270 valence electrons. The van der Waals surface area contributed by atoms with Crippen molar-refractivity contribution < 1.29 is 0 Å². The Morgan fingerprint density at radius 1 is 0.328 bits per heavy atom. The molecule has 0 bridgehead atoms. The molecule has 3 aromatic heterocycles. The van der Waals surface area contributed by atoms with Crippen LogP contribution in [0.15, 0.2) is 206 Å². The molecule has 4 nitrogen and oxygen atoms in total. The van der Waals surface area contributed by atoms with Gasteiger partial charge in [-0.1, -0.05) is 164 Å². The fourth-order valence-corrected chi connectivity index (χ4v) is 9.11. The van der Waals surface area contributed by atoms with Gasteiger partial charge < -0.3 is 4.57 Å². The van der Waals surface area contributed by atoms with E-state index in [9.17, 15) is 0 Å². The topological polar surface area (TPSA) is 35.6 Å². The Morgan fingerprint density at radius 3 is 1.71 bits per heavy atom. The first kappa shape index (κ1) is 32.4. The van der Waals surface area contributed by atoms with E-state index in [1.807, 2.05) is 0 Å². The summed E-state index contributed by atoms with van der Waals surface area (Å²) in [6, 6.07) is 73.7. The fourth-order valence-electron chi connectivity index (χ4n) is 9.11. The van der Waals surface area contributed by atoms with E-state index in [1.54, 1.807) is 0 Å². The summed E-state index contributed by atoms with van der Waals surface area (Å²) in [4.78, 5) is 10.9.